The lowest BCUT2D eigenvalue weighted by Gasteiger charge is -2.36. The van der Waals surface area contributed by atoms with E-state index in [1.165, 1.54) is 16.8 Å². The van der Waals surface area contributed by atoms with Gasteiger partial charge in [0.25, 0.3) is 0 Å². The Hall–Kier alpha value is -2.18. The van der Waals surface area contributed by atoms with Crippen molar-refractivity contribution >= 4 is 5.91 Å². The highest BCUT2D eigenvalue weighted by Crippen LogP contribution is 2.27. The Bertz CT molecular complexity index is 802. The molecule has 6 nitrogen and oxygen atoms in total. The van der Waals surface area contributed by atoms with Crippen LogP contribution in [-0.2, 0) is 29.7 Å². The molecule has 26 heavy (non-hydrogen) atoms. The fourth-order valence-corrected chi connectivity index (χ4v) is 4.13. The van der Waals surface area contributed by atoms with Gasteiger partial charge in [0.2, 0.25) is 5.91 Å². The Labute approximate surface area is 154 Å². The van der Waals surface area contributed by atoms with Crippen molar-refractivity contribution in [2.45, 2.75) is 39.1 Å². The van der Waals surface area contributed by atoms with Gasteiger partial charge >= 0.3 is 0 Å². The first-order valence-electron chi connectivity index (χ1n) is 9.19. The number of aromatic nitrogens is 2. The van der Waals surface area contributed by atoms with Crippen LogP contribution >= 0.6 is 0 Å². The second-order valence-electron chi connectivity index (χ2n) is 7.39. The highest BCUT2D eigenvalue weighted by Gasteiger charge is 2.43. The maximum absolute atomic E-state index is 12.5. The smallest absolute Gasteiger partial charge is 0.249 e. The van der Waals surface area contributed by atoms with Crippen molar-refractivity contribution < 1.29 is 9.53 Å². The predicted octanol–water partition coefficient (Wildman–Crippen LogP) is 1.65. The molecule has 138 valence electrons. The van der Waals surface area contributed by atoms with Gasteiger partial charge in [0.05, 0.1) is 17.8 Å². The number of rotatable bonds is 4. The van der Waals surface area contributed by atoms with Crippen LogP contribution in [0.4, 0.5) is 0 Å². The van der Waals surface area contributed by atoms with Gasteiger partial charge in [-0.25, -0.2) is 0 Å². The van der Waals surface area contributed by atoms with E-state index in [2.05, 4.69) is 36.0 Å². The number of nitrogens with zero attached hydrogens (tertiary/aromatic N) is 4. The number of fused-ring (bicyclic) bond motifs is 1. The zero-order chi connectivity index (χ0) is 18.3. The summed E-state index contributed by atoms with van der Waals surface area (Å²) in [7, 11) is 1.99. The average Bonchev–Trinajstić information content (AvgIpc) is 3.15. The van der Waals surface area contributed by atoms with Crippen LogP contribution in [0.5, 0.6) is 0 Å². The van der Waals surface area contributed by atoms with Crippen molar-refractivity contribution in [1.29, 1.82) is 0 Å². The highest BCUT2D eigenvalue weighted by atomic mass is 16.5. The fourth-order valence-electron chi connectivity index (χ4n) is 4.13. The molecule has 0 radical (unpaired) electrons. The summed E-state index contributed by atoms with van der Waals surface area (Å²) >= 11 is 0. The third-order valence-corrected chi connectivity index (χ3v) is 5.69. The van der Waals surface area contributed by atoms with Crippen molar-refractivity contribution in [3.8, 4) is 0 Å². The molecular weight excluding hydrogens is 328 g/mol. The van der Waals surface area contributed by atoms with Crippen molar-refractivity contribution in [2.75, 3.05) is 19.7 Å². The number of likely N-dealkylation sites (tertiary alicyclic amines) is 1. The third kappa shape index (κ3) is 3.15. The highest BCUT2D eigenvalue weighted by molar-refractivity contribution is 5.78. The van der Waals surface area contributed by atoms with Crippen molar-refractivity contribution in [1.82, 2.24) is 19.6 Å². The zero-order valence-corrected chi connectivity index (χ0v) is 15.7. The number of ether oxygens (including phenoxy) is 1. The minimum absolute atomic E-state index is 0.0886. The van der Waals surface area contributed by atoms with Crippen LogP contribution < -0.4 is 0 Å². The van der Waals surface area contributed by atoms with Crippen LogP contribution in [0, 0.1) is 13.8 Å². The van der Waals surface area contributed by atoms with Gasteiger partial charge in [-0.05, 0) is 19.4 Å². The van der Waals surface area contributed by atoms with E-state index < -0.39 is 0 Å². The first-order chi connectivity index (χ1) is 12.5. The molecular formula is C20H26N4O2. The van der Waals surface area contributed by atoms with E-state index in [1.807, 2.05) is 34.8 Å². The molecule has 2 aromatic rings. The van der Waals surface area contributed by atoms with Crippen molar-refractivity contribution in [2.24, 2.45) is 7.05 Å². The molecule has 0 saturated carbocycles. The number of amides is 1. The number of morpholine rings is 1. The second-order valence-corrected chi connectivity index (χ2v) is 7.39. The van der Waals surface area contributed by atoms with Gasteiger partial charge in [-0.1, -0.05) is 30.3 Å². The summed E-state index contributed by atoms with van der Waals surface area (Å²) in [5, 5.41) is 4.52. The number of benzene rings is 1. The van der Waals surface area contributed by atoms with Crippen LogP contribution in [-0.4, -0.2) is 57.3 Å². The quantitative estimate of drug-likeness (QED) is 0.838. The minimum Gasteiger partial charge on any atom is -0.365 e. The molecule has 2 fully saturated rings. The van der Waals surface area contributed by atoms with E-state index in [9.17, 15) is 4.79 Å². The van der Waals surface area contributed by atoms with Gasteiger partial charge in [-0.3, -0.25) is 14.4 Å². The summed E-state index contributed by atoms with van der Waals surface area (Å²) in [6, 6.07) is 10.3. The van der Waals surface area contributed by atoms with Crippen LogP contribution in [0.2, 0.25) is 0 Å². The molecule has 0 unspecified atom stereocenters. The standard InChI is InChI=1S/C20H26N4O2/c1-14-17(15(2)22(3)21-14)10-23-11-18-19(12-23)26-13-20(25)24(18)9-16-7-5-4-6-8-16/h4-8,18-19H,9-13H2,1-3H3/t18-,19-/m1/s1. The first-order valence-corrected chi connectivity index (χ1v) is 9.19. The number of aryl methyl sites for hydroxylation is 2. The molecule has 0 aliphatic carbocycles. The van der Waals surface area contributed by atoms with Crippen LogP contribution in [0.1, 0.15) is 22.5 Å². The molecule has 1 amide bonds. The summed E-state index contributed by atoms with van der Waals surface area (Å²) in [6.07, 6.45) is 0.0914. The fraction of sp³-hybridized carbons (Fsp3) is 0.500. The molecule has 0 spiro atoms. The lowest BCUT2D eigenvalue weighted by Crippen LogP contribution is -2.53. The average molecular weight is 354 g/mol. The summed E-state index contributed by atoms with van der Waals surface area (Å²) in [6.45, 7) is 7.58. The number of hydrogen-bond donors (Lipinski definition) is 0. The SMILES string of the molecule is Cc1nn(C)c(C)c1CN1C[C@@H]2[C@@H](C1)OCC(=O)N2Cc1ccccc1. The van der Waals surface area contributed by atoms with E-state index >= 15 is 0 Å². The molecule has 0 bridgehead atoms. The second kappa shape index (κ2) is 6.85. The topological polar surface area (TPSA) is 50.6 Å². The Kier molecular flexibility index (Phi) is 4.54. The third-order valence-electron chi connectivity index (χ3n) is 5.69. The molecule has 1 aromatic heterocycles. The maximum Gasteiger partial charge on any atom is 0.249 e. The summed E-state index contributed by atoms with van der Waals surface area (Å²) in [5.41, 5.74) is 4.74. The lowest BCUT2D eigenvalue weighted by molar-refractivity contribution is -0.153. The lowest BCUT2D eigenvalue weighted by atomic mass is 10.1. The van der Waals surface area contributed by atoms with Gasteiger partial charge in [-0.15, -0.1) is 0 Å². The van der Waals surface area contributed by atoms with Crippen molar-refractivity contribution in [3.63, 3.8) is 0 Å². The molecule has 0 N–H and O–H groups in total. The van der Waals surface area contributed by atoms with E-state index in [4.69, 9.17) is 4.74 Å². The van der Waals surface area contributed by atoms with Gasteiger partial charge in [-0.2, -0.15) is 5.10 Å². The molecule has 2 aliphatic rings. The Balaban J connectivity index is 1.49. The van der Waals surface area contributed by atoms with Gasteiger partial charge in [0.15, 0.2) is 0 Å². The summed E-state index contributed by atoms with van der Waals surface area (Å²) in [5.74, 6) is 0.0886. The largest absolute Gasteiger partial charge is 0.365 e. The Morgan fingerprint density at radius 1 is 1.15 bits per heavy atom. The molecule has 1 aromatic carbocycles. The Morgan fingerprint density at radius 3 is 2.62 bits per heavy atom. The van der Waals surface area contributed by atoms with Crippen LogP contribution in [0.3, 0.4) is 0 Å². The molecule has 2 saturated heterocycles. The van der Waals surface area contributed by atoms with Gasteiger partial charge < -0.3 is 9.64 Å². The van der Waals surface area contributed by atoms with E-state index in [0.717, 1.165) is 25.3 Å². The van der Waals surface area contributed by atoms with Crippen molar-refractivity contribution in [3.05, 3.63) is 52.8 Å². The van der Waals surface area contributed by atoms with Crippen LogP contribution in [0.25, 0.3) is 0 Å². The van der Waals surface area contributed by atoms with E-state index in [0.29, 0.717) is 6.54 Å². The van der Waals surface area contributed by atoms with Gasteiger partial charge in [0.1, 0.15) is 6.61 Å². The number of hydrogen-bond acceptors (Lipinski definition) is 4. The maximum atomic E-state index is 12.5. The number of carbonyl (C=O) groups excluding carboxylic acids is 1. The normalized spacial score (nSPS) is 23.5. The summed E-state index contributed by atoms with van der Waals surface area (Å²) in [4.78, 5) is 16.9. The molecule has 3 heterocycles. The zero-order valence-electron chi connectivity index (χ0n) is 15.7. The van der Waals surface area contributed by atoms with E-state index in [1.54, 1.807) is 0 Å². The van der Waals surface area contributed by atoms with E-state index in [-0.39, 0.29) is 24.7 Å². The Morgan fingerprint density at radius 2 is 1.92 bits per heavy atom. The molecule has 6 heteroatoms. The predicted molar refractivity (Wildman–Crippen MR) is 98.5 cm³/mol. The van der Waals surface area contributed by atoms with Crippen LogP contribution in [0.15, 0.2) is 30.3 Å². The summed E-state index contributed by atoms with van der Waals surface area (Å²) < 4.78 is 7.80. The van der Waals surface area contributed by atoms with Gasteiger partial charge in [0, 0.05) is 44.5 Å². The first kappa shape index (κ1) is 17.2. The minimum atomic E-state index is 0.0886. The monoisotopic (exact) mass is 354 g/mol. The molecule has 2 atom stereocenters. The number of carbonyl (C=O) groups is 1. The molecule has 2 aliphatic heterocycles. The molecule has 4 rings (SSSR count).